The van der Waals surface area contributed by atoms with Gasteiger partial charge in [-0.15, -0.1) is 0 Å². The second-order valence-electron chi connectivity index (χ2n) is 14.3. The summed E-state index contributed by atoms with van der Waals surface area (Å²) in [6.07, 6.45) is 7.26. The van der Waals surface area contributed by atoms with Gasteiger partial charge >= 0.3 is 12.0 Å². The number of rotatable bonds is 21. The van der Waals surface area contributed by atoms with Crippen molar-refractivity contribution < 1.29 is 33.5 Å². The van der Waals surface area contributed by atoms with Crippen molar-refractivity contribution in [1.82, 2.24) is 25.7 Å². The van der Waals surface area contributed by atoms with Gasteiger partial charge in [0.1, 0.15) is 18.3 Å². The first-order valence-corrected chi connectivity index (χ1v) is 19.6. The Morgan fingerprint density at radius 2 is 1.67 bits per heavy atom. The van der Waals surface area contributed by atoms with Crippen LogP contribution >= 0.6 is 0 Å². The summed E-state index contributed by atoms with van der Waals surface area (Å²) in [6, 6.07) is 10.5. The Balaban J connectivity index is 1.28. The highest BCUT2D eigenvalue weighted by Gasteiger charge is 2.26. The molecule has 16 heteroatoms. The van der Waals surface area contributed by atoms with E-state index in [0.29, 0.717) is 48.9 Å². The number of fused-ring (bicyclic) bond motifs is 1. The van der Waals surface area contributed by atoms with E-state index in [2.05, 4.69) is 25.6 Å². The summed E-state index contributed by atoms with van der Waals surface area (Å²) in [5, 5.41) is 6.62. The summed E-state index contributed by atoms with van der Waals surface area (Å²) in [7, 11) is 0. The molecule has 2 aromatic carbocycles. The number of primary amides is 1. The lowest BCUT2D eigenvalue weighted by Crippen LogP contribution is -2.50. The SMILES string of the molecule is CCCN(OCC)C(=O)C1=Cc2ccc(-c3cnc(CCC(=O)OCc4ccc(CC(=O)[C@H](CCCNC(N)=O)NC(=O)[C@@H](N)C(C)C)cc4)nc3)cc2N=C(N)C1. The molecule has 8 N–H and O–H groups in total. The number of hydrogen-bond acceptors (Lipinski definition) is 12. The zero-order valence-electron chi connectivity index (χ0n) is 33.7. The Hall–Kier alpha value is -6.00. The van der Waals surface area contributed by atoms with Crippen molar-refractivity contribution in [1.29, 1.82) is 0 Å². The maximum Gasteiger partial charge on any atom is 0.312 e. The zero-order chi connectivity index (χ0) is 42.2. The number of hydroxylamine groups is 2. The number of ketones is 1. The maximum absolute atomic E-state index is 13.2. The van der Waals surface area contributed by atoms with E-state index in [0.717, 1.165) is 34.2 Å². The minimum atomic E-state index is -0.787. The monoisotopic (exact) mass is 797 g/mol. The van der Waals surface area contributed by atoms with Gasteiger partial charge in [-0.05, 0) is 60.9 Å². The highest BCUT2D eigenvalue weighted by Crippen LogP contribution is 2.32. The van der Waals surface area contributed by atoms with E-state index in [1.165, 1.54) is 5.06 Å². The molecule has 310 valence electrons. The summed E-state index contributed by atoms with van der Waals surface area (Å²) >= 11 is 0. The summed E-state index contributed by atoms with van der Waals surface area (Å²) in [6.45, 7) is 8.61. The standard InChI is InChI=1S/C42H55N9O7/c1-5-18-51(58-6-2)41(55)31-20-30-14-13-29(21-34(30)49-36(43)22-31)32-23-47-37(48-24-32)15-16-38(53)57-25-28-11-9-27(10-12-28)19-35(52)33(8-7-17-46-42(45)56)50-40(54)39(44)26(3)4/h9-14,20-21,23-24,26,33,39H,5-8,15-19,22,25,44H2,1-4H3,(H2,43,49)(H,50,54)(H3,45,46,56)/t33-,39-/m0/s1. The zero-order valence-corrected chi connectivity index (χ0v) is 33.7. The molecule has 58 heavy (non-hydrogen) atoms. The molecule has 0 radical (unpaired) electrons. The predicted molar refractivity (Wildman–Crippen MR) is 220 cm³/mol. The number of carbonyl (C=O) groups excluding carboxylic acids is 5. The van der Waals surface area contributed by atoms with E-state index in [1.807, 2.05) is 45.9 Å². The lowest BCUT2D eigenvalue weighted by molar-refractivity contribution is -0.180. The molecule has 0 bridgehead atoms. The lowest BCUT2D eigenvalue weighted by Gasteiger charge is -2.22. The largest absolute Gasteiger partial charge is 0.461 e. The number of benzene rings is 2. The molecule has 2 heterocycles. The van der Waals surface area contributed by atoms with Gasteiger partial charge in [0.2, 0.25) is 5.91 Å². The van der Waals surface area contributed by atoms with Gasteiger partial charge in [0.25, 0.3) is 5.91 Å². The van der Waals surface area contributed by atoms with Gasteiger partial charge in [0, 0.05) is 61.4 Å². The molecule has 0 saturated heterocycles. The fourth-order valence-corrected chi connectivity index (χ4v) is 6.01. The predicted octanol–water partition coefficient (Wildman–Crippen LogP) is 3.81. The number of nitrogens with zero attached hydrogens (tertiary/aromatic N) is 4. The number of nitrogens with one attached hydrogen (secondary N) is 2. The Morgan fingerprint density at radius 1 is 0.966 bits per heavy atom. The number of aryl methyl sites for hydroxylation is 1. The second-order valence-corrected chi connectivity index (χ2v) is 14.3. The van der Waals surface area contributed by atoms with Crippen molar-refractivity contribution >= 4 is 47.2 Å². The maximum atomic E-state index is 13.2. The molecule has 0 fully saturated rings. The number of nitrogens with two attached hydrogens (primary N) is 3. The molecule has 0 spiro atoms. The molecule has 4 rings (SSSR count). The summed E-state index contributed by atoms with van der Waals surface area (Å²) < 4.78 is 5.47. The van der Waals surface area contributed by atoms with Crippen molar-refractivity contribution in [3.05, 3.63) is 82.9 Å². The number of carbonyl (C=O) groups is 5. The van der Waals surface area contributed by atoms with Crippen LogP contribution in [0.2, 0.25) is 0 Å². The number of urea groups is 1. The lowest BCUT2D eigenvalue weighted by atomic mass is 9.98. The van der Waals surface area contributed by atoms with E-state index >= 15 is 0 Å². The van der Waals surface area contributed by atoms with Crippen LogP contribution in [0.5, 0.6) is 0 Å². The van der Waals surface area contributed by atoms with E-state index < -0.39 is 30.0 Å². The molecule has 0 unspecified atom stereocenters. The van der Waals surface area contributed by atoms with Crippen molar-refractivity contribution in [2.24, 2.45) is 28.1 Å². The summed E-state index contributed by atoms with van der Waals surface area (Å²) in [5.74, 6) is -0.582. The molecular formula is C42H55N9O7. The number of amides is 4. The first-order chi connectivity index (χ1) is 27.8. The van der Waals surface area contributed by atoms with Gasteiger partial charge in [0.15, 0.2) is 5.78 Å². The van der Waals surface area contributed by atoms with E-state index in [4.69, 9.17) is 26.8 Å². The molecule has 1 aliphatic rings. The number of aromatic nitrogens is 2. The van der Waals surface area contributed by atoms with Crippen LogP contribution in [0.1, 0.15) is 82.3 Å². The van der Waals surface area contributed by atoms with Crippen molar-refractivity contribution in [3.63, 3.8) is 0 Å². The Kier molecular flexibility index (Phi) is 17.0. The van der Waals surface area contributed by atoms with Crippen molar-refractivity contribution in [2.75, 3.05) is 19.7 Å². The van der Waals surface area contributed by atoms with Crippen LogP contribution in [0.25, 0.3) is 17.2 Å². The van der Waals surface area contributed by atoms with Gasteiger partial charge in [-0.25, -0.2) is 24.8 Å². The van der Waals surface area contributed by atoms with Crippen LogP contribution in [0.4, 0.5) is 10.5 Å². The summed E-state index contributed by atoms with van der Waals surface area (Å²) in [4.78, 5) is 81.7. The molecule has 0 aliphatic carbocycles. The fraction of sp³-hybridized carbons (Fsp3) is 0.429. The van der Waals surface area contributed by atoms with E-state index in [9.17, 15) is 24.0 Å². The molecule has 16 nitrogen and oxygen atoms in total. The Morgan fingerprint density at radius 3 is 2.33 bits per heavy atom. The third-order valence-corrected chi connectivity index (χ3v) is 9.30. The highest BCUT2D eigenvalue weighted by molar-refractivity contribution is 6.05. The summed E-state index contributed by atoms with van der Waals surface area (Å²) in [5.41, 5.74) is 22.2. The van der Waals surface area contributed by atoms with Crippen LogP contribution in [-0.2, 0) is 48.2 Å². The van der Waals surface area contributed by atoms with Gasteiger partial charge in [0.05, 0.1) is 30.8 Å². The third-order valence-electron chi connectivity index (χ3n) is 9.30. The van der Waals surface area contributed by atoms with E-state index in [-0.39, 0.29) is 56.4 Å². The van der Waals surface area contributed by atoms with E-state index in [1.54, 1.807) is 42.7 Å². The minimum absolute atomic E-state index is 0.0468. The molecule has 2 atom stereocenters. The van der Waals surface area contributed by atoms with Gasteiger partial charge < -0.3 is 32.6 Å². The molecular weight excluding hydrogens is 743 g/mol. The van der Waals surface area contributed by atoms with Crippen molar-refractivity contribution in [2.45, 2.75) is 91.3 Å². The first kappa shape index (κ1) is 44.7. The number of esters is 1. The quantitative estimate of drug-likeness (QED) is 0.0589. The topological polar surface area (TPSA) is 247 Å². The average molecular weight is 798 g/mol. The van der Waals surface area contributed by atoms with Crippen molar-refractivity contribution in [3.8, 4) is 11.1 Å². The van der Waals surface area contributed by atoms with Crippen LogP contribution < -0.4 is 27.8 Å². The highest BCUT2D eigenvalue weighted by atomic mass is 16.7. The average Bonchev–Trinajstić information content (AvgIpc) is 3.37. The molecule has 3 aromatic rings. The number of amidine groups is 1. The second kappa shape index (κ2) is 22.1. The molecule has 0 saturated carbocycles. The normalized spacial score (nSPS) is 13.3. The number of aliphatic imine (C=N–C) groups is 1. The van der Waals surface area contributed by atoms with Gasteiger partial charge in [-0.3, -0.25) is 24.0 Å². The Labute approximate surface area is 339 Å². The van der Waals surface area contributed by atoms with Crippen LogP contribution in [0.3, 0.4) is 0 Å². The van der Waals surface area contributed by atoms with Gasteiger partial charge in [-0.2, -0.15) is 0 Å². The molecule has 1 aromatic heterocycles. The fourth-order valence-electron chi connectivity index (χ4n) is 6.01. The minimum Gasteiger partial charge on any atom is -0.461 e. The number of ether oxygens (including phenoxy) is 1. The number of hydrogen-bond donors (Lipinski definition) is 5. The smallest absolute Gasteiger partial charge is 0.312 e. The van der Waals surface area contributed by atoms with Crippen LogP contribution in [0.15, 0.2) is 65.4 Å². The molecule has 4 amide bonds. The van der Waals surface area contributed by atoms with Gasteiger partial charge in [-0.1, -0.05) is 57.2 Å². The van der Waals surface area contributed by atoms with Crippen LogP contribution in [0, 0.1) is 5.92 Å². The Bertz CT molecular complexity index is 1960. The molecule has 1 aliphatic heterocycles. The third kappa shape index (κ3) is 13.6. The van der Waals surface area contributed by atoms with Crippen LogP contribution in [-0.4, -0.2) is 82.2 Å². The number of Topliss-reactive ketones (excluding diaryl/α,β-unsaturated/α-hetero) is 1. The first-order valence-electron chi connectivity index (χ1n) is 19.6.